The predicted molar refractivity (Wildman–Crippen MR) is 78.4 cm³/mol. The highest BCUT2D eigenvalue weighted by atomic mass is 35.5. The molecule has 0 atom stereocenters. The average molecular weight is 278 g/mol. The van der Waals surface area contributed by atoms with Crippen molar-refractivity contribution in [3.8, 4) is 0 Å². The van der Waals surface area contributed by atoms with Gasteiger partial charge in [0.25, 0.3) is 0 Å². The van der Waals surface area contributed by atoms with Gasteiger partial charge in [-0.1, -0.05) is 6.92 Å². The quantitative estimate of drug-likeness (QED) is 0.757. The van der Waals surface area contributed by atoms with E-state index in [4.69, 9.17) is 0 Å². The molecule has 1 aliphatic heterocycles. The minimum atomic E-state index is 0. The van der Waals surface area contributed by atoms with Gasteiger partial charge >= 0.3 is 6.03 Å². The fourth-order valence-corrected chi connectivity index (χ4v) is 2.16. The molecule has 0 aromatic rings. The highest BCUT2D eigenvalue weighted by molar-refractivity contribution is 5.85. The molecular weight excluding hydrogens is 250 g/mol. The van der Waals surface area contributed by atoms with E-state index in [1.54, 1.807) is 0 Å². The summed E-state index contributed by atoms with van der Waals surface area (Å²) in [4.78, 5) is 13.7. The molecule has 0 bridgehead atoms. The Morgan fingerprint density at radius 1 is 1.33 bits per heavy atom. The van der Waals surface area contributed by atoms with Crippen LogP contribution in [0.1, 0.15) is 40.0 Å². The highest BCUT2D eigenvalue weighted by Gasteiger charge is 2.22. The zero-order chi connectivity index (χ0) is 12.7. The summed E-state index contributed by atoms with van der Waals surface area (Å²) in [6.07, 6.45) is 3.44. The molecule has 2 amide bonds. The van der Waals surface area contributed by atoms with Crippen LogP contribution in [0.2, 0.25) is 0 Å². The maximum atomic E-state index is 11.8. The lowest BCUT2D eigenvalue weighted by Gasteiger charge is -2.32. The third-order valence-corrected chi connectivity index (χ3v) is 3.17. The predicted octanol–water partition coefficient (Wildman–Crippen LogP) is 2.24. The number of rotatable bonds is 5. The van der Waals surface area contributed by atoms with E-state index in [9.17, 15) is 4.79 Å². The van der Waals surface area contributed by atoms with Crippen LogP contribution in [0.15, 0.2) is 0 Å². The Kier molecular flexibility index (Phi) is 9.20. The Bertz CT molecular complexity index is 228. The fourth-order valence-electron chi connectivity index (χ4n) is 2.16. The molecular formula is C13H28ClN3O. The lowest BCUT2D eigenvalue weighted by Crippen LogP contribution is -2.47. The topological polar surface area (TPSA) is 44.4 Å². The summed E-state index contributed by atoms with van der Waals surface area (Å²) < 4.78 is 0. The summed E-state index contributed by atoms with van der Waals surface area (Å²) in [6, 6.07) is 0.325. The molecule has 18 heavy (non-hydrogen) atoms. The molecule has 0 aliphatic carbocycles. The third-order valence-electron chi connectivity index (χ3n) is 3.17. The largest absolute Gasteiger partial charge is 0.336 e. The van der Waals surface area contributed by atoms with E-state index in [1.165, 1.54) is 6.42 Å². The van der Waals surface area contributed by atoms with Crippen molar-refractivity contribution in [1.82, 2.24) is 15.5 Å². The summed E-state index contributed by atoms with van der Waals surface area (Å²) in [6.45, 7) is 10.2. The number of urea groups is 1. The number of hydrogen-bond donors (Lipinski definition) is 2. The molecule has 1 saturated heterocycles. The number of likely N-dealkylation sites (tertiary alicyclic amines) is 1. The number of hydrogen-bond acceptors (Lipinski definition) is 2. The van der Waals surface area contributed by atoms with Gasteiger partial charge in [-0.05, 0) is 52.1 Å². The second-order valence-electron chi connectivity index (χ2n) is 5.24. The van der Waals surface area contributed by atoms with Crippen molar-refractivity contribution < 1.29 is 4.79 Å². The van der Waals surface area contributed by atoms with Crippen molar-refractivity contribution in [3.05, 3.63) is 0 Å². The third kappa shape index (κ3) is 6.45. The smallest absolute Gasteiger partial charge is 0.317 e. The molecule has 1 fully saturated rings. The van der Waals surface area contributed by atoms with Crippen LogP contribution in [-0.2, 0) is 0 Å². The van der Waals surface area contributed by atoms with E-state index in [-0.39, 0.29) is 24.5 Å². The molecule has 4 nitrogen and oxygen atoms in total. The zero-order valence-electron chi connectivity index (χ0n) is 11.9. The number of amides is 2. The van der Waals surface area contributed by atoms with Gasteiger partial charge in [0, 0.05) is 19.1 Å². The van der Waals surface area contributed by atoms with Crippen molar-refractivity contribution in [2.45, 2.75) is 46.1 Å². The van der Waals surface area contributed by atoms with Crippen molar-refractivity contribution in [1.29, 1.82) is 0 Å². The van der Waals surface area contributed by atoms with E-state index in [1.807, 2.05) is 18.7 Å². The molecule has 0 radical (unpaired) electrons. The Balaban J connectivity index is 0.00000289. The van der Waals surface area contributed by atoms with Crippen LogP contribution in [0.5, 0.6) is 0 Å². The first kappa shape index (κ1) is 17.5. The van der Waals surface area contributed by atoms with Gasteiger partial charge in [-0.2, -0.15) is 0 Å². The molecule has 1 aliphatic rings. The van der Waals surface area contributed by atoms with Gasteiger partial charge in [0.1, 0.15) is 0 Å². The van der Waals surface area contributed by atoms with E-state index in [0.717, 1.165) is 44.9 Å². The number of carbonyl (C=O) groups is 1. The van der Waals surface area contributed by atoms with Crippen molar-refractivity contribution in [2.24, 2.45) is 5.92 Å². The second kappa shape index (κ2) is 9.45. The standard InChI is InChI=1S/C13H27N3O.ClH/c1-4-7-14-10-12-5-8-16(9-6-12)13(17)15-11(2)3;/h11-12,14H,4-10H2,1-3H3,(H,15,17);1H. The van der Waals surface area contributed by atoms with Gasteiger partial charge in [-0.3, -0.25) is 0 Å². The molecule has 0 spiro atoms. The van der Waals surface area contributed by atoms with Gasteiger partial charge in [0.05, 0.1) is 0 Å². The van der Waals surface area contributed by atoms with Crippen LogP contribution in [0.3, 0.4) is 0 Å². The van der Waals surface area contributed by atoms with Crippen molar-refractivity contribution in [2.75, 3.05) is 26.2 Å². The fraction of sp³-hybridized carbons (Fsp3) is 0.923. The summed E-state index contributed by atoms with van der Waals surface area (Å²) in [5.41, 5.74) is 0. The number of nitrogens with zero attached hydrogens (tertiary/aromatic N) is 1. The molecule has 0 saturated carbocycles. The van der Waals surface area contributed by atoms with Crippen molar-refractivity contribution in [3.63, 3.8) is 0 Å². The van der Waals surface area contributed by atoms with Gasteiger partial charge in [0.2, 0.25) is 0 Å². The van der Waals surface area contributed by atoms with Gasteiger partial charge < -0.3 is 15.5 Å². The Labute approximate surface area is 117 Å². The van der Waals surface area contributed by atoms with Gasteiger partial charge in [-0.15, -0.1) is 12.4 Å². The second-order valence-corrected chi connectivity index (χ2v) is 5.24. The average Bonchev–Trinajstić information content (AvgIpc) is 2.29. The lowest BCUT2D eigenvalue weighted by atomic mass is 9.97. The van der Waals surface area contributed by atoms with Crippen LogP contribution in [-0.4, -0.2) is 43.2 Å². The van der Waals surface area contributed by atoms with E-state index in [2.05, 4.69) is 17.6 Å². The van der Waals surface area contributed by atoms with Crippen LogP contribution < -0.4 is 10.6 Å². The molecule has 5 heteroatoms. The maximum absolute atomic E-state index is 11.8. The van der Waals surface area contributed by atoms with Crippen molar-refractivity contribution >= 4 is 18.4 Å². The molecule has 1 rings (SSSR count). The molecule has 0 unspecified atom stereocenters. The van der Waals surface area contributed by atoms with Gasteiger partial charge in [0.15, 0.2) is 0 Å². The molecule has 1 heterocycles. The summed E-state index contributed by atoms with van der Waals surface area (Å²) in [7, 11) is 0. The molecule has 108 valence electrons. The van der Waals surface area contributed by atoms with E-state index < -0.39 is 0 Å². The number of halogens is 1. The zero-order valence-corrected chi connectivity index (χ0v) is 12.7. The summed E-state index contributed by atoms with van der Waals surface area (Å²) in [5.74, 6) is 0.740. The minimum Gasteiger partial charge on any atom is -0.336 e. The molecule has 0 aromatic carbocycles. The Morgan fingerprint density at radius 2 is 1.94 bits per heavy atom. The highest BCUT2D eigenvalue weighted by Crippen LogP contribution is 2.16. The summed E-state index contributed by atoms with van der Waals surface area (Å²) in [5, 5.41) is 6.41. The maximum Gasteiger partial charge on any atom is 0.317 e. The summed E-state index contributed by atoms with van der Waals surface area (Å²) >= 11 is 0. The van der Waals surface area contributed by atoms with Crippen LogP contribution >= 0.6 is 12.4 Å². The van der Waals surface area contributed by atoms with E-state index >= 15 is 0 Å². The molecule has 0 aromatic heterocycles. The SMILES string of the molecule is CCCNCC1CCN(C(=O)NC(C)C)CC1.Cl. The van der Waals surface area contributed by atoms with E-state index in [0.29, 0.717) is 0 Å². The van der Waals surface area contributed by atoms with Crippen LogP contribution in [0, 0.1) is 5.92 Å². The first-order valence-electron chi connectivity index (χ1n) is 6.89. The number of piperidine rings is 1. The molecule has 2 N–H and O–H groups in total. The minimum absolute atomic E-state index is 0. The van der Waals surface area contributed by atoms with Crippen LogP contribution in [0.25, 0.3) is 0 Å². The Morgan fingerprint density at radius 3 is 2.44 bits per heavy atom. The Hall–Kier alpha value is -0.480. The first-order valence-corrected chi connectivity index (χ1v) is 6.89. The van der Waals surface area contributed by atoms with Crippen LogP contribution in [0.4, 0.5) is 4.79 Å². The number of carbonyl (C=O) groups excluding carboxylic acids is 1. The van der Waals surface area contributed by atoms with Gasteiger partial charge in [-0.25, -0.2) is 4.79 Å². The normalized spacial score (nSPS) is 16.6. The first-order chi connectivity index (χ1) is 8.13. The lowest BCUT2D eigenvalue weighted by molar-refractivity contribution is 0.167. The monoisotopic (exact) mass is 277 g/mol. The number of nitrogens with one attached hydrogen (secondary N) is 2.